The quantitative estimate of drug-likeness (QED) is 0.806. The molecule has 1 aromatic heterocycles. The lowest BCUT2D eigenvalue weighted by Crippen LogP contribution is -2.16. The minimum atomic E-state index is -3.15. The first-order valence-corrected chi connectivity index (χ1v) is 7.77. The van der Waals surface area contributed by atoms with Crippen molar-refractivity contribution < 1.29 is 12.8 Å². The third-order valence-corrected chi connectivity index (χ3v) is 4.50. The summed E-state index contributed by atoms with van der Waals surface area (Å²) in [6, 6.07) is 4.05. The molecule has 0 saturated heterocycles. The Morgan fingerprint density at radius 2 is 2.15 bits per heavy atom. The Kier molecular flexibility index (Phi) is 3.98. The van der Waals surface area contributed by atoms with Gasteiger partial charge in [-0.05, 0) is 28.6 Å². The first kappa shape index (κ1) is 14.4. The van der Waals surface area contributed by atoms with Crippen molar-refractivity contribution in [3.63, 3.8) is 0 Å². The van der Waals surface area contributed by atoms with Crippen molar-refractivity contribution in [2.24, 2.45) is 0 Å². The zero-order valence-corrected chi connectivity index (χ0v) is 11.6. The van der Waals surface area contributed by atoms with E-state index in [1.165, 1.54) is 22.9 Å². The van der Waals surface area contributed by atoms with Gasteiger partial charge in [-0.2, -0.15) is 0 Å². The highest BCUT2D eigenvalue weighted by Crippen LogP contribution is 2.22. The smallest absolute Gasteiger partial charge is 0.185 e. The lowest BCUT2D eigenvalue weighted by Gasteiger charge is -2.06. The van der Waals surface area contributed by atoms with Crippen molar-refractivity contribution in [1.29, 1.82) is 0 Å². The second-order valence-corrected chi connectivity index (χ2v) is 6.67. The number of nitrogens with zero attached hydrogens (tertiary/aromatic N) is 4. The maximum Gasteiger partial charge on any atom is 0.185 e. The van der Waals surface area contributed by atoms with E-state index in [2.05, 4.69) is 15.5 Å². The molecule has 0 atom stereocenters. The van der Waals surface area contributed by atoms with E-state index in [0.717, 1.165) is 0 Å². The molecule has 0 saturated carbocycles. The van der Waals surface area contributed by atoms with Crippen LogP contribution < -0.4 is 5.73 Å². The Morgan fingerprint density at radius 1 is 1.40 bits per heavy atom. The average Bonchev–Trinajstić information content (AvgIpc) is 2.87. The highest BCUT2D eigenvalue weighted by Gasteiger charge is 2.16. The monoisotopic (exact) mass is 299 g/mol. The Labute approximate surface area is 115 Å². The summed E-state index contributed by atoms with van der Waals surface area (Å²) >= 11 is 0. The number of hydrogen-bond donors (Lipinski definition) is 1. The molecule has 0 bridgehead atoms. The van der Waals surface area contributed by atoms with E-state index < -0.39 is 15.7 Å². The normalized spacial score (nSPS) is 11.7. The highest BCUT2D eigenvalue weighted by molar-refractivity contribution is 7.91. The first-order chi connectivity index (χ1) is 9.43. The zero-order valence-electron chi connectivity index (χ0n) is 10.8. The molecule has 2 aromatic rings. The maximum absolute atomic E-state index is 13.8. The molecule has 0 fully saturated rings. The van der Waals surface area contributed by atoms with Crippen LogP contribution in [-0.2, 0) is 16.4 Å². The van der Waals surface area contributed by atoms with E-state index in [9.17, 15) is 12.8 Å². The zero-order chi connectivity index (χ0) is 14.8. The van der Waals surface area contributed by atoms with E-state index in [1.807, 2.05) is 0 Å². The van der Waals surface area contributed by atoms with Crippen LogP contribution in [0.25, 0.3) is 11.4 Å². The number of benzene rings is 1. The van der Waals surface area contributed by atoms with Gasteiger partial charge in [0.05, 0.1) is 17.9 Å². The molecule has 0 spiro atoms. The Morgan fingerprint density at radius 3 is 2.85 bits per heavy atom. The van der Waals surface area contributed by atoms with E-state index in [0.29, 0.717) is 5.69 Å². The van der Waals surface area contributed by atoms with Crippen molar-refractivity contribution in [2.75, 3.05) is 17.2 Å². The summed E-state index contributed by atoms with van der Waals surface area (Å²) in [4.78, 5) is 0. The van der Waals surface area contributed by atoms with Crippen LogP contribution in [0.15, 0.2) is 18.2 Å². The van der Waals surface area contributed by atoms with Gasteiger partial charge in [0, 0.05) is 11.4 Å². The fourth-order valence-corrected chi connectivity index (χ4v) is 2.37. The van der Waals surface area contributed by atoms with E-state index in [4.69, 9.17) is 5.73 Å². The summed E-state index contributed by atoms with van der Waals surface area (Å²) in [6.07, 6.45) is 0. The van der Waals surface area contributed by atoms with E-state index in [-0.39, 0.29) is 29.4 Å². The first-order valence-electron chi connectivity index (χ1n) is 5.95. The predicted octanol–water partition coefficient (Wildman–Crippen LogP) is 0.496. The van der Waals surface area contributed by atoms with Gasteiger partial charge in [-0.1, -0.05) is 6.92 Å². The van der Waals surface area contributed by atoms with Crippen LogP contribution in [0.5, 0.6) is 0 Å². The third-order valence-electron chi connectivity index (χ3n) is 2.82. The second-order valence-electron chi connectivity index (χ2n) is 4.20. The fourth-order valence-electron chi connectivity index (χ4n) is 1.63. The van der Waals surface area contributed by atoms with Gasteiger partial charge in [-0.15, -0.1) is 5.10 Å². The molecule has 108 valence electrons. The molecule has 0 amide bonds. The van der Waals surface area contributed by atoms with Crippen molar-refractivity contribution in [3.05, 3.63) is 24.0 Å². The average molecular weight is 299 g/mol. The number of halogens is 1. The van der Waals surface area contributed by atoms with Gasteiger partial charge in [-0.3, -0.25) is 0 Å². The SMILES string of the molecule is CCS(=O)(=O)CCn1nnnc1-c1cc(N)ccc1F. The van der Waals surface area contributed by atoms with Crippen molar-refractivity contribution >= 4 is 15.5 Å². The number of sulfone groups is 1. The third kappa shape index (κ3) is 3.10. The maximum atomic E-state index is 13.8. The molecular weight excluding hydrogens is 285 g/mol. The van der Waals surface area contributed by atoms with Gasteiger partial charge in [0.2, 0.25) is 0 Å². The van der Waals surface area contributed by atoms with Crippen molar-refractivity contribution in [2.45, 2.75) is 13.5 Å². The number of aryl methyl sites for hydroxylation is 1. The highest BCUT2D eigenvalue weighted by atomic mass is 32.2. The lowest BCUT2D eigenvalue weighted by molar-refractivity contribution is 0.576. The number of hydrogen-bond acceptors (Lipinski definition) is 6. The van der Waals surface area contributed by atoms with Crippen LogP contribution in [0.2, 0.25) is 0 Å². The molecule has 20 heavy (non-hydrogen) atoms. The molecule has 9 heteroatoms. The number of tetrazole rings is 1. The number of anilines is 1. The summed E-state index contributed by atoms with van der Waals surface area (Å²) in [6.45, 7) is 1.63. The van der Waals surface area contributed by atoms with Crippen LogP contribution in [0.1, 0.15) is 6.92 Å². The number of nitrogens with two attached hydrogens (primary N) is 1. The van der Waals surface area contributed by atoms with Gasteiger partial charge in [-0.25, -0.2) is 17.5 Å². The second kappa shape index (κ2) is 5.53. The number of aromatic nitrogens is 4. The molecule has 7 nitrogen and oxygen atoms in total. The van der Waals surface area contributed by atoms with Crippen molar-refractivity contribution in [3.8, 4) is 11.4 Å². The fraction of sp³-hybridized carbons (Fsp3) is 0.364. The molecule has 0 aliphatic heterocycles. The molecule has 0 aliphatic carbocycles. The van der Waals surface area contributed by atoms with Crippen LogP contribution in [0.4, 0.5) is 10.1 Å². The predicted molar refractivity (Wildman–Crippen MR) is 72.0 cm³/mol. The molecule has 0 aliphatic rings. The summed E-state index contributed by atoms with van der Waals surface area (Å²) in [5.74, 6) is -0.433. The van der Waals surface area contributed by atoms with Gasteiger partial charge in [0.1, 0.15) is 5.82 Å². The number of rotatable bonds is 5. The Balaban J connectivity index is 2.31. The Hall–Kier alpha value is -2.03. The molecule has 0 radical (unpaired) electrons. The molecule has 1 heterocycles. The minimum Gasteiger partial charge on any atom is -0.399 e. The van der Waals surface area contributed by atoms with Crippen LogP contribution in [0, 0.1) is 5.82 Å². The summed E-state index contributed by atoms with van der Waals surface area (Å²) < 4.78 is 38.0. The standard InChI is InChI=1S/C11H14FN5O2S/c1-2-20(18,19)6-5-17-11(14-15-16-17)9-7-8(13)3-4-10(9)12/h3-4,7H,2,5-6,13H2,1H3. The largest absolute Gasteiger partial charge is 0.399 e. The van der Waals surface area contributed by atoms with Crippen LogP contribution in [-0.4, -0.2) is 40.1 Å². The van der Waals surface area contributed by atoms with E-state index >= 15 is 0 Å². The minimum absolute atomic E-state index is 0.0388. The molecule has 1 aromatic carbocycles. The molecule has 0 unspecified atom stereocenters. The Bertz CT molecular complexity index is 713. The summed E-state index contributed by atoms with van der Waals surface area (Å²) in [5, 5.41) is 10.9. The van der Waals surface area contributed by atoms with Crippen LogP contribution >= 0.6 is 0 Å². The molecule has 2 rings (SSSR count). The lowest BCUT2D eigenvalue weighted by atomic mass is 10.2. The number of nitrogen functional groups attached to an aromatic ring is 1. The van der Waals surface area contributed by atoms with E-state index in [1.54, 1.807) is 6.92 Å². The van der Waals surface area contributed by atoms with Gasteiger partial charge < -0.3 is 5.73 Å². The van der Waals surface area contributed by atoms with Crippen molar-refractivity contribution in [1.82, 2.24) is 20.2 Å². The van der Waals surface area contributed by atoms with Gasteiger partial charge >= 0.3 is 0 Å². The van der Waals surface area contributed by atoms with Crippen LogP contribution in [0.3, 0.4) is 0 Å². The summed E-state index contributed by atoms with van der Waals surface area (Å²) in [5.41, 5.74) is 6.12. The summed E-state index contributed by atoms with van der Waals surface area (Å²) in [7, 11) is -3.15. The van der Waals surface area contributed by atoms with Gasteiger partial charge in [0.25, 0.3) is 0 Å². The van der Waals surface area contributed by atoms with Gasteiger partial charge in [0.15, 0.2) is 15.7 Å². The topological polar surface area (TPSA) is 104 Å². The molecule has 2 N–H and O–H groups in total. The molecular formula is C11H14FN5O2S.